The Morgan fingerprint density at radius 1 is 1.15 bits per heavy atom. The quantitative estimate of drug-likeness (QED) is 0.367. The molecule has 0 aliphatic rings. The van der Waals surface area contributed by atoms with Crippen LogP contribution in [0.3, 0.4) is 0 Å². The van der Waals surface area contributed by atoms with Crippen LogP contribution < -0.4 is 4.90 Å². The third kappa shape index (κ3) is 3.84. The molecule has 0 aliphatic carbocycles. The highest BCUT2D eigenvalue weighted by molar-refractivity contribution is 14.1. The molecule has 4 nitrogen and oxygen atoms in total. The standard InChI is InChI=1S/C20H13FIN3OS/c21-14-7-8-17-18(10-14)27-20(24-17)25(12-13-4-3-9-23-11-13)19(26)15-5-1-2-6-16(15)22/h1-11H,12H2. The third-order valence-corrected chi connectivity index (χ3v) is 5.96. The van der Waals surface area contributed by atoms with Crippen molar-refractivity contribution in [2.45, 2.75) is 6.54 Å². The zero-order chi connectivity index (χ0) is 18.8. The van der Waals surface area contributed by atoms with Crippen LogP contribution in [0.2, 0.25) is 0 Å². The average Bonchev–Trinajstić information content (AvgIpc) is 3.09. The molecule has 7 heteroatoms. The molecule has 2 aromatic carbocycles. The summed E-state index contributed by atoms with van der Waals surface area (Å²) < 4.78 is 15.1. The van der Waals surface area contributed by atoms with Crippen molar-refractivity contribution >= 4 is 55.2 Å². The van der Waals surface area contributed by atoms with Gasteiger partial charge in [-0.25, -0.2) is 9.37 Å². The van der Waals surface area contributed by atoms with E-state index in [0.717, 1.165) is 9.13 Å². The molecular weight excluding hydrogens is 476 g/mol. The largest absolute Gasteiger partial charge is 0.279 e. The maximum Gasteiger partial charge on any atom is 0.261 e. The van der Waals surface area contributed by atoms with E-state index in [1.165, 1.54) is 23.5 Å². The van der Waals surface area contributed by atoms with Crippen LogP contribution in [-0.4, -0.2) is 15.9 Å². The summed E-state index contributed by atoms with van der Waals surface area (Å²) in [7, 11) is 0. The number of carbonyl (C=O) groups excluding carboxylic acids is 1. The summed E-state index contributed by atoms with van der Waals surface area (Å²) in [4.78, 5) is 23.6. The van der Waals surface area contributed by atoms with E-state index in [0.29, 0.717) is 27.5 Å². The monoisotopic (exact) mass is 489 g/mol. The normalized spacial score (nSPS) is 10.9. The molecule has 0 N–H and O–H groups in total. The van der Waals surface area contributed by atoms with Crippen LogP contribution in [0.25, 0.3) is 10.2 Å². The van der Waals surface area contributed by atoms with Gasteiger partial charge in [-0.3, -0.25) is 14.7 Å². The van der Waals surface area contributed by atoms with Crippen molar-refractivity contribution in [3.63, 3.8) is 0 Å². The molecule has 0 spiro atoms. The zero-order valence-corrected chi connectivity index (χ0v) is 16.9. The van der Waals surface area contributed by atoms with Gasteiger partial charge < -0.3 is 0 Å². The van der Waals surface area contributed by atoms with Gasteiger partial charge in [0, 0.05) is 16.0 Å². The van der Waals surface area contributed by atoms with Gasteiger partial charge in [0.15, 0.2) is 5.13 Å². The van der Waals surface area contributed by atoms with Crippen molar-refractivity contribution < 1.29 is 9.18 Å². The number of benzene rings is 2. The van der Waals surface area contributed by atoms with E-state index in [9.17, 15) is 9.18 Å². The number of pyridine rings is 1. The Hall–Kier alpha value is -2.39. The van der Waals surface area contributed by atoms with Gasteiger partial charge in [-0.2, -0.15) is 0 Å². The lowest BCUT2D eigenvalue weighted by Crippen LogP contribution is -2.31. The van der Waals surface area contributed by atoms with E-state index < -0.39 is 0 Å². The molecule has 0 fully saturated rings. The van der Waals surface area contributed by atoms with Gasteiger partial charge in [-0.05, 0) is 64.6 Å². The van der Waals surface area contributed by atoms with Crippen LogP contribution in [-0.2, 0) is 6.54 Å². The first kappa shape index (κ1) is 18.0. The van der Waals surface area contributed by atoms with Crippen molar-refractivity contribution in [1.29, 1.82) is 0 Å². The predicted molar refractivity (Wildman–Crippen MR) is 113 cm³/mol. The molecule has 0 saturated carbocycles. The summed E-state index contributed by atoms with van der Waals surface area (Å²) in [5.74, 6) is -0.469. The highest BCUT2D eigenvalue weighted by atomic mass is 127. The van der Waals surface area contributed by atoms with E-state index in [2.05, 4.69) is 32.6 Å². The molecule has 4 aromatic rings. The van der Waals surface area contributed by atoms with Crippen LogP contribution in [0.4, 0.5) is 9.52 Å². The van der Waals surface area contributed by atoms with Crippen molar-refractivity contribution in [3.8, 4) is 0 Å². The van der Waals surface area contributed by atoms with Crippen LogP contribution in [0, 0.1) is 9.39 Å². The Morgan fingerprint density at radius 3 is 2.78 bits per heavy atom. The van der Waals surface area contributed by atoms with Crippen molar-refractivity contribution in [1.82, 2.24) is 9.97 Å². The van der Waals surface area contributed by atoms with Gasteiger partial charge in [0.25, 0.3) is 5.91 Å². The zero-order valence-electron chi connectivity index (χ0n) is 14.0. The molecule has 0 unspecified atom stereocenters. The Morgan fingerprint density at radius 2 is 2.00 bits per heavy atom. The first-order valence-corrected chi connectivity index (χ1v) is 10.0. The van der Waals surface area contributed by atoms with Crippen molar-refractivity contribution in [3.05, 3.63) is 87.5 Å². The first-order chi connectivity index (χ1) is 13.1. The average molecular weight is 489 g/mol. The highest BCUT2D eigenvalue weighted by Crippen LogP contribution is 2.31. The summed E-state index contributed by atoms with van der Waals surface area (Å²) in [6.07, 6.45) is 3.42. The molecule has 1 amide bonds. The number of thiazole rings is 1. The minimum absolute atomic E-state index is 0.150. The smallest absolute Gasteiger partial charge is 0.261 e. The maximum absolute atomic E-state index is 13.6. The molecule has 4 rings (SSSR count). The second kappa shape index (κ2) is 7.69. The van der Waals surface area contributed by atoms with Gasteiger partial charge >= 0.3 is 0 Å². The summed E-state index contributed by atoms with van der Waals surface area (Å²) in [5.41, 5.74) is 2.16. The summed E-state index contributed by atoms with van der Waals surface area (Å²) in [6.45, 7) is 0.333. The maximum atomic E-state index is 13.6. The number of anilines is 1. The molecule has 134 valence electrons. The number of nitrogens with zero attached hydrogens (tertiary/aromatic N) is 3. The van der Waals surface area contributed by atoms with Crippen LogP contribution in [0.15, 0.2) is 67.0 Å². The van der Waals surface area contributed by atoms with Gasteiger partial charge in [0.1, 0.15) is 5.82 Å². The van der Waals surface area contributed by atoms with Gasteiger partial charge in [0.05, 0.1) is 22.3 Å². The summed E-state index contributed by atoms with van der Waals surface area (Å²) in [5, 5.41) is 0.532. The lowest BCUT2D eigenvalue weighted by molar-refractivity contribution is 0.0984. The number of amides is 1. The minimum atomic E-state index is -0.319. The number of halogens is 2. The lowest BCUT2D eigenvalue weighted by Gasteiger charge is -2.20. The molecule has 0 saturated heterocycles. The number of aromatic nitrogens is 2. The molecule has 0 radical (unpaired) electrons. The molecule has 2 heterocycles. The Balaban J connectivity index is 1.79. The van der Waals surface area contributed by atoms with E-state index in [1.54, 1.807) is 29.4 Å². The Kier molecular flexibility index (Phi) is 5.13. The molecule has 0 atom stereocenters. The minimum Gasteiger partial charge on any atom is -0.279 e. The number of fused-ring (bicyclic) bond motifs is 1. The number of hydrogen-bond acceptors (Lipinski definition) is 4. The number of carbonyl (C=O) groups is 1. The van der Waals surface area contributed by atoms with Crippen LogP contribution >= 0.6 is 33.9 Å². The van der Waals surface area contributed by atoms with Crippen LogP contribution in [0.1, 0.15) is 15.9 Å². The molecule has 27 heavy (non-hydrogen) atoms. The fourth-order valence-electron chi connectivity index (χ4n) is 2.68. The second-order valence-electron chi connectivity index (χ2n) is 5.84. The van der Waals surface area contributed by atoms with Crippen molar-refractivity contribution in [2.75, 3.05) is 4.90 Å². The summed E-state index contributed by atoms with van der Waals surface area (Å²) in [6, 6.07) is 15.6. The Labute approximate surface area is 172 Å². The molecular formula is C20H13FIN3OS. The molecule has 0 aliphatic heterocycles. The third-order valence-electron chi connectivity index (χ3n) is 3.98. The van der Waals surface area contributed by atoms with E-state index >= 15 is 0 Å². The first-order valence-electron chi connectivity index (χ1n) is 8.13. The summed E-state index contributed by atoms with van der Waals surface area (Å²) >= 11 is 3.45. The topological polar surface area (TPSA) is 46.1 Å². The van der Waals surface area contributed by atoms with Crippen molar-refractivity contribution in [2.24, 2.45) is 0 Å². The van der Waals surface area contributed by atoms with E-state index in [1.807, 2.05) is 30.3 Å². The van der Waals surface area contributed by atoms with E-state index in [4.69, 9.17) is 0 Å². The van der Waals surface area contributed by atoms with Crippen LogP contribution in [0.5, 0.6) is 0 Å². The Bertz CT molecular complexity index is 1120. The highest BCUT2D eigenvalue weighted by Gasteiger charge is 2.23. The number of rotatable bonds is 4. The fraction of sp³-hybridized carbons (Fsp3) is 0.0500. The number of hydrogen-bond donors (Lipinski definition) is 0. The molecule has 0 bridgehead atoms. The molecule has 2 aromatic heterocycles. The second-order valence-corrected chi connectivity index (χ2v) is 8.01. The lowest BCUT2D eigenvalue weighted by atomic mass is 10.2. The van der Waals surface area contributed by atoms with Gasteiger partial charge in [0.2, 0.25) is 0 Å². The SMILES string of the molecule is O=C(c1ccccc1I)N(Cc1cccnc1)c1nc2ccc(F)cc2s1. The predicted octanol–water partition coefficient (Wildman–Crippen LogP) is 5.28. The van der Waals surface area contributed by atoms with Gasteiger partial charge in [-0.15, -0.1) is 0 Å². The fourth-order valence-corrected chi connectivity index (χ4v) is 4.29. The van der Waals surface area contributed by atoms with E-state index in [-0.39, 0.29) is 11.7 Å². The van der Waals surface area contributed by atoms with Gasteiger partial charge in [-0.1, -0.05) is 29.5 Å².